The average Bonchev–Trinajstić information content (AvgIpc) is 3.94. The maximum Gasteiger partial charge on any atom is 0.472 e. The van der Waals surface area contributed by atoms with Gasteiger partial charge >= 0.3 is 25.7 Å². The van der Waals surface area contributed by atoms with E-state index in [1.165, 1.54) is 96.3 Å². The number of unbranched alkanes of at least 4 members (excludes halogenated alkanes) is 17. The van der Waals surface area contributed by atoms with Gasteiger partial charge in [-0.3, -0.25) is 23.4 Å². The number of phosphoric acid groups is 1. The molecule has 4 N–H and O–H groups in total. The van der Waals surface area contributed by atoms with Gasteiger partial charge in [0.25, 0.3) is 0 Å². The van der Waals surface area contributed by atoms with Gasteiger partial charge in [-0.15, -0.1) is 0 Å². The molecule has 1 rings (SSSR count). The highest BCUT2D eigenvalue weighted by atomic mass is 31.2. The molecular formula is C44H78NO11P. The minimum atomic E-state index is -4.73. The summed E-state index contributed by atoms with van der Waals surface area (Å²) in [6, 6.07) is -1.53. The summed E-state index contributed by atoms with van der Waals surface area (Å²) in [6.45, 7) is 2.72. The number of epoxide rings is 1. The number of esters is 2. The normalized spacial score (nSPS) is 17.6. The summed E-state index contributed by atoms with van der Waals surface area (Å²) < 4.78 is 38.4. The first-order chi connectivity index (χ1) is 27.6. The highest BCUT2D eigenvalue weighted by Gasteiger charge is 2.36. The lowest BCUT2D eigenvalue weighted by molar-refractivity contribution is -0.161. The van der Waals surface area contributed by atoms with Crippen molar-refractivity contribution < 1.29 is 52.2 Å². The number of carbonyl (C=O) groups excluding carboxylic acids is 2. The van der Waals surface area contributed by atoms with Gasteiger partial charge in [0.2, 0.25) is 0 Å². The SMILES string of the molecule is CCCCCCCCCCCCCCCCCC(=O)O[C@H](COC(=O)CCC/C=C\C/C=C\C/C=C\CC1OC1CCCCC)COP(=O)(O)OC[C@H](N)C(=O)O. The summed E-state index contributed by atoms with van der Waals surface area (Å²) in [5.41, 5.74) is 5.33. The Morgan fingerprint density at radius 1 is 0.649 bits per heavy atom. The number of phosphoric ester groups is 1. The van der Waals surface area contributed by atoms with Crippen LogP contribution in [0.1, 0.15) is 181 Å². The van der Waals surface area contributed by atoms with E-state index < -0.39 is 51.1 Å². The average molecular weight is 828 g/mol. The lowest BCUT2D eigenvalue weighted by Gasteiger charge is -2.20. The van der Waals surface area contributed by atoms with E-state index >= 15 is 0 Å². The third-order valence-corrected chi connectivity index (χ3v) is 10.8. The first-order valence-corrected chi connectivity index (χ1v) is 23.6. The van der Waals surface area contributed by atoms with E-state index in [0.29, 0.717) is 31.5 Å². The van der Waals surface area contributed by atoms with Crippen molar-refractivity contribution in [1.82, 2.24) is 0 Å². The molecule has 0 aromatic rings. The Morgan fingerprint density at radius 2 is 1.16 bits per heavy atom. The van der Waals surface area contributed by atoms with Crippen molar-refractivity contribution in [3.05, 3.63) is 36.5 Å². The van der Waals surface area contributed by atoms with E-state index in [0.717, 1.165) is 38.5 Å². The summed E-state index contributed by atoms with van der Waals surface area (Å²) in [5.74, 6) is -2.45. The minimum Gasteiger partial charge on any atom is -0.480 e. The van der Waals surface area contributed by atoms with Crippen LogP contribution < -0.4 is 5.73 Å². The van der Waals surface area contributed by atoms with E-state index in [9.17, 15) is 23.8 Å². The zero-order chi connectivity index (χ0) is 41.8. The number of rotatable bonds is 40. The smallest absolute Gasteiger partial charge is 0.472 e. The van der Waals surface area contributed by atoms with Gasteiger partial charge in [-0.25, -0.2) is 4.57 Å². The number of hydrogen-bond donors (Lipinski definition) is 3. The van der Waals surface area contributed by atoms with Crippen LogP contribution in [-0.2, 0) is 42.2 Å². The van der Waals surface area contributed by atoms with Gasteiger partial charge in [0.1, 0.15) is 12.6 Å². The molecule has 0 radical (unpaired) electrons. The van der Waals surface area contributed by atoms with Gasteiger partial charge in [0.05, 0.1) is 25.4 Å². The van der Waals surface area contributed by atoms with Crippen LogP contribution in [-0.4, -0.2) is 72.1 Å². The molecule has 0 saturated carbocycles. The first-order valence-electron chi connectivity index (χ1n) is 22.1. The molecule has 0 aliphatic carbocycles. The second-order valence-electron chi connectivity index (χ2n) is 15.2. The molecule has 1 aliphatic heterocycles. The summed E-state index contributed by atoms with van der Waals surface area (Å²) in [5, 5.41) is 8.89. The fraction of sp³-hybridized carbons (Fsp3) is 0.795. The minimum absolute atomic E-state index is 0.143. The largest absolute Gasteiger partial charge is 0.480 e. The van der Waals surface area contributed by atoms with Crippen LogP contribution in [0.2, 0.25) is 0 Å². The predicted molar refractivity (Wildman–Crippen MR) is 226 cm³/mol. The van der Waals surface area contributed by atoms with E-state index in [4.69, 9.17) is 29.6 Å². The quantitative estimate of drug-likeness (QED) is 0.0175. The number of hydrogen-bond acceptors (Lipinski definition) is 10. The molecule has 0 aromatic carbocycles. The lowest BCUT2D eigenvalue weighted by Crippen LogP contribution is -2.34. The summed E-state index contributed by atoms with van der Waals surface area (Å²) in [4.78, 5) is 46.0. The number of ether oxygens (including phenoxy) is 3. The standard InChI is InChI=1S/C44H78NO11P/c1-3-5-7-8-9-10-11-12-13-14-15-20-23-26-30-34-43(47)55-38(36-53-57(50,51)54-37-39(45)44(48)49)35-52-42(46)33-29-25-22-19-17-16-18-21-24-28-32-41-40(56-41)31-27-6-4-2/h16,18-19,22,24,28,38-41H,3-15,17,20-21,23,25-27,29-37,45H2,1-2H3,(H,48,49)(H,50,51)/b18-16-,22-19-,28-24-/t38-,39+,40?,41?/m1/s1. The molecule has 57 heavy (non-hydrogen) atoms. The highest BCUT2D eigenvalue weighted by Crippen LogP contribution is 2.43. The van der Waals surface area contributed by atoms with Gasteiger partial charge < -0.3 is 29.9 Å². The van der Waals surface area contributed by atoms with Crippen molar-refractivity contribution in [1.29, 1.82) is 0 Å². The van der Waals surface area contributed by atoms with Crippen LogP contribution in [0, 0.1) is 0 Å². The Balaban J connectivity index is 2.30. The molecule has 12 nitrogen and oxygen atoms in total. The Morgan fingerprint density at radius 3 is 1.75 bits per heavy atom. The van der Waals surface area contributed by atoms with Crippen molar-refractivity contribution in [2.45, 2.75) is 205 Å². The molecule has 5 atom stereocenters. The van der Waals surface area contributed by atoms with Crippen LogP contribution in [0.25, 0.3) is 0 Å². The van der Waals surface area contributed by atoms with Gasteiger partial charge in [-0.1, -0.05) is 159 Å². The fourth-order valence-electron chi connectivity index (χ4n) is 6.21. The molecule has 1 fully saturated rings. The van der Waals surface area contributed by atoms with E-state index in [1.807, 2.05) is 6.08 Å². The zero-order valence-electron chi connectivity index (χ0n) is 35.4. The number of nitrogens with two attached hydrogens (primary N) is 1. The van der Waals surface area contributed by atoms with Crippen LogP contribution in [0.3, 0.4) is 0 Å². The van der Waals surface area contributed by atoms with Crippen LogP contribution >= 0.6 is 7.82 Å². The van der Waals surface area contributed by atoms with Crippen molar-refractivity contribution in [2.75, 3.05) is 19.8 Å². The van der Waals surface area contributed by atoms with Gasteiger partial charge in [0.15, 0.2) is 6.10 Å². The fourth-order valence-corrected chi connectivity index (χ4v) is 6.99. The highest BCUT2D eigenvalue weighted by molar-refractivity contribution is 7.47. The maximum absolute atomic E-state index is 12.6. The number of carboxylic acid groups (broad SMARTS) is 1. The van der Waals surface area contributed by atoms with Gasteiger partial charge in [-0.05, 0) is 44.9 Å². The lowest BCUT2D eigenvalue weighted by atomic mass is 10.0. The second-order valence-corrected chi connectivity index (χ2v) is 16.7. The number of aliphatic carboxylic acids is 1. The molecule has 1 saturated heterocycles. The van der Waals surface area contributed by atoms with Crippen LogP contribution in [0.15, 0.2) is 36.5 Å². The van der Waals surface area contributed by atoms with Crippen molar-refractivity contribution >= 4 is 25.7 Å². The van der Waals surface area contributed by atoms with Crippen molar-refractivity contribution in [3.63, 3.8) is 0 Å². The van der Waals surface area contributed by atoms with Gasteiger partial charge in [-0.2, -0.15) is 0 Å². The van der Waals surface area contributed by atoms with Gasteiger partial charge in [0, 0.05) is 12.8 Å². The van der Waals surface area contributed by atoms with Crippen molar-refractivity contribution in [2.24, 2.45) is 5.73 Å². The molecule has 1 aliphatic rings. The van der Waals surface area contributed by atoms with Crippen molar-refractivity contribution in [3.8, 4) is 0 Å². The first kappa shape index (κ1) is 52.7. The van der Waals surface area contributed by atoms with Crippen LogP contribution in [0.5, 0.6) is 0 Å². The number of allylic oxidation sites excluding steroid dienone is 5. The molecule has 0 amide bonds. The molecular weight excluding hydrogens is 749 g/mol. The number of carboxylic acids is 1. The Labute approximate surface area is 344 Å². The molecule has 0 spiro atoms. The topological polar surface area (TPSA) is 184 Å². The molecule has 1 heterocycles. The maximum atomic E-state index is 12.6. The third-order valence-electron chi connectivity index (χ3n) is 9.82. The van der Waals surface area contributed by atoms with E-state index in [2.05, 4.69) is 48.8 Å². The Hall–Kier alpha value is -2.34. The summed E-state index contributed by atoms with van der Waals surface area (Å²) >= 11 is 0. The molecule has 3 unspecified atom stereocenters. The molecule has 0 aromatic heterocycles. The molecule has 0 bridgehead atoms. The number of carbonyl (C=O) groups is 3. The molecule has 330 valence electrons. The summed E-state index contributed by atoms with van der Waals surface area (Å²) in [7, 11) is -4.73. The predicted octanol–water partition coefficient (Wildman–Crippen LogP) is 10.6. The van der Waals surface area contributed by atoms with Crippen LogP contribution in [0.4, 0.5) is 0 Å². The van der Waals surface area contributed by atoms with E-state index in [1.54, 1.807) is 0 Å². The Bertz CT molecular complexity index is 1180. The Kier molecular flexibility index (Phi) is 32.9. The molecule has 13 heteroatoms. The third kappa shape index (κ3) is 33.2. The summed E-state index contributed by atoms with van der Waals surface area (Å²) in [6.07, 6.45) is 39.6. The van der Waals surface area contributed by atoms with E-state index in [-0.39, 0.29) is 19.4 Å². The monoisotopic (exact) mass is 828 g/mol. The zero-order valence-corrected chi connectivity index (χ0v) is 36.3. The second kappa shape index (κ2) is 35.6.